The van der Waals surface area contributed by atoms with E-state index in [9.17, 15) is 0 Å². The second-order valence-electron chi connectivity index (χ2n) is 2.56. The Hall–Kier alpha value is -1.78. The number of rotatable bonds is 0. The number of aliphatic hydroxyl groups is 1. The predicted octanol–water partition coefficient (Wildman–Crippen LogP) is 0.678. The van der Waals surface area contributed by atoms with Crippen molar-refractivity contribution in [3.8, 4) is 6.26 Å². The molecule has 0 aromatic carbocycles. The van der Waals surface area contributed by atoms with Crippen molar-refractivity contribution < 1.29 is 21.9 Å². The second-order valence-corrected chi connectivity index (χ2v) is 2.56. The molecule has 6 nitrogen and oxygen atoms in total. The SMILES string of the molecule is Cn1ccnc1.Cn1ccnc1.N#CO.[Co]. The molecule has 0 aliphatic rings. The van der Waals surface area contributed by atoms with Crippen molar-refractivity contribution in [3.05, 3.63) is 37.4 Å². The van der Waals surface area contributed by atoms with Crippen LogP contribution in [-0.2, 0) is 30.9 Å². The van der Waals surface area contributed by atoms with Crippen LogP contribution in [0.2, 0.25) is 0 Å². The van der Waals surface area contributed by atoms with E-state index in [1.807, 2.05) is 35.6 Å². The number of aromatic nitrogens is 4. The van der Waals surface area contributed by atoms with Crippen LogP contribution in [-0.4, -0.2) is 24.2 Å². The molecule has 89 valence electrons. The summed E-state index contributed by atoms with van der Waals surface area (Å²) < 4.78 is 3.78. The van der Waals surface area contributed by atoms with Gasteiger partial charge in [-0.05, 0) is 0 Å². The van der Waals surface area contributed by atoms with Crippen molar-refractivity contribution in [2.24, 2.45) is 14.1 Å². The van der Waals surface area contributed by atoms with E-state index in [4.69, 9.17) is 10.4 Å². The Labute approximate surface area is 104 Å². The Balaban J connectivity index is 0. The zero-order valence-electron chi connectivity index (χ0n) is 8.98. The minimum Gasteiger partial charge on any atom is -0.443 e. The molecule has 2 aromatic heterocycles. The molecule has 1 radical (unpaired) electrons. The summed E-state index contributed by atoms with van der Waals surface area (Å²) in [6, 6.07) is 0. The molecular weight excluding hydrogens is 253 g/mol. The van der Waals surface area contributed by atoms with E-state index in [1.54, 1.807) is 25.0 Å². The molecule has 0 bridgehead atoms. The molecule has 0 fully saturated rings. The Morgan fingerprint density at radius 1 is 1.06 bits per heavy atom. The number of aryl methyl sites for hydroxylation is 2. The number of nitriles is 1. The third-order valence-corrected chi connectivity index (χ3v) is 1.27. The van der Waals surface area contributed by atoms with Crippen LogP contribution in [0.4, 0.5) is 0 Å². The topological polar surface area (TPSA) is 79.7 Å². The molecule has 0 spiro atoms. The van der Waals surface area contributed by atoms with Crippen LogP contribution in [0, 0.1) is 11.5 Å². The van der Waals surface area contributed by atoms with Crippen LogP contribution in [0.25, 0.3) is 0 Å². The van der Waals surface area contributed by atoms with Crippen molar-refractivity contribution in [2.45, 2.75) is 0 Å². The number of imidazole rings is 2. The number of hydrogen-bond donors (Lipinski definition) is 1. The van der Waals surface area contributed by atoms with Gasteiger partial charge in [0.15, 0.2) is 0 Å². The molecular formula is C9H13CoN5O. The predicted molar refractivity (Wildman–Crippen MR) is 54.0 cm³/mol. The molecule has 0 aliphatic carbocycles. The van der Waals surface area contributed by atoms with Gasteiger partial charge in [-0.3, -0.25) is 0 Å². The molecule has 16 heavy (non-hydrogen) atoms. The van der Waals surface area contributed by atoms with Crippen molar-refractivity contribution in [1.82, 2.24) is 19.1 Å². The molecule has 1 N–H and O–H groups in total. The third-order valence-electron chi connectivity index (χ3n) is 1.27. The normalized spacial score (nSPS) is 7.06. The first-order chi connectivity index (χ1) is 7.20. The van der Waals surface area contributed by atoms with Crippen LogP contribution in [0.3, 0.4) is 0 Å². The average molecular weight is 266 g/mol. The van der Waals surface area contributed by atoms with Gasteiger partial charge in [0, 0.05) is 55.7 Å². The van der Waals surface area contributed by atoms with Gasteiger partial charge in [0.05, 0.1) is 12.7 Å². The summed E-state index contributed by atoms with van der Waals surface area (Å²) in [5, 5.41) is 13.8. The standard InChI is InChI=1S/2C4H6N2.CHNO.Co/c2*1-6-3-2-5-4-6;2-1-3;/h2*2-4H,1H3;3H;. The number of nitrogens with zero attached hydrogens (tertiary/aromatic N) is 5. The van der Waals surface area contributed by atoms with Crippen LogP contribution < -0.4 is 0 Å². The van der Waals surface area contributed by atoms with Crippen LogP contribution in [0.5, 0.6) is 0 Å². The van der Waals surface area contributed by atoms with Gasteiger partial charge >= 0.3 is 0 Å². The summed E-state index contributed by atoms with van der Waals surface area (Å²) in [6.45, 7) is 0. The molecule has 2 aromatic rings. The first kappa shape index (κ1) is 16.6. The average Bonchev–Trinajstić information content (AvgIpc) is 2.81. The Bertz CT molecular complexity index is 333. The summed E-state index contributed by atoms with van der Waals surface area (Å²) in [5.41, 5.74) is 0. The minimum absolute atomic E-state index is 0. The molecule has 2 heterocycles. The molecule has 0 saturated carbocycles. The van der Waals surface area contributed by atoms with Gasteiger partial charge < -0.3 is 14.2 Å². The molecule has 0 saturated heterocycles. The monoisotopic (exact) mass is 266 g/mol. The largest absolute Gasteiger partial charge is 0.443 e. The van der Waals surface area contributed by atoms with Gasteiger partial charge in [0.2, 0.25) is 0 Å². The summed E-state index contributed by atoms with van der Waals surface area (Å²) in [7, 11) is 3.88. The zero-order chi connectivity index (χ0) is 11.5. The first-order valence-corrected chi connectivity index (χ1v) is 4.07. The van der Waals surface area contributed by atoms with Gasteiger partial charge in [-0.25, -0.2) is 9.97 Å². The third kappa shape index (κ3) is 10.3. The van der Waals surface area contributed by atoms with Crippen molar-refractivity contribution in [3.63, 3.8) is 0 Å². The molecule has 7 heteroatoms. The zero-order valence-corrected chi connectivity index (χ0v) is 10.0. The second kappa shape index (κ2) is 11.3. The van der Waals surface area contributed by atoms with Crippen molar-refractivity contribution in [2.75, 3.05) is 0 Å². The van der Waals surface area contributed by atoms with Crippen LogP contribution in [0.1, 0.15) is 0 Å². The minimum atomic E-state index is 0. The molecule has 0 atom stereocenters. The van der Waals surface area contributed by atoms with Gasteiger partial charge in [0.1, 0.15) is 0 Å². The molecule has 0 unspecified atom stereocenters. The van der Waals surface area contributed by atoms with Gasteiger partial charge in [-0.1, -0.05) is 0 Å². The summed E-state index contributed by atoms with van der Waals surface area (Å²) in [5.74, 6) is 0. The molecule has 2 rings (SSSR count). The fourth-order valence-electron chi connectivity index (χ4n) is 0.652. The van der Waals surface area contributed by atoms with E-state index in [0.29, 0.717) is 0 Å². The summed E-state index contributed by atoms with van der Waals surface area (Å²) in [6.07, 6.45) is 11.5. The molecule has 0 amide bonds. The van der Waals surface area contributed by atoms with E-state index in [0.717, 1.165) is 6.26 Å². The van der Waals surface area contributed by atoms with E-state index in [2.05, 4.69) is 9.97 Å². The van der Waals surface area contributed by atoms with E-state index in [1.165, 1.54) is 0 Å². The Morgan fingerprint density at radius 2 is 1.38 bits per heavy atom. The maximum absolute atomic E-state index is 6.88. The Morgan fingerprint density at radius 3 is 1.44 bits per heavy atom. The maximum atomic E-state index is 6.88. The summed E-state index contributed by atoms with van der Waals surface area (Å²) >= 11 is 0. The maximum Gasteiger partial charge on any atom is 0.283 e. The van der Waals surface area contributed by atoms with Gasteiger partial charge in [-0.15, -0.1) is 0 Å². The van der Waals surface area contributed by atoms with Gasteiger partial charge in [-0.2, -0.15) is 5.26 Å². The fourth-order valence-corrected chi connectivity index (χ4v) is 0.652. The number of aliphatic hydroxyl groups excluding tert-OH is 1. The fraction of sp³-hybridized carbons (Fsp3) is 0.222. The summed E-state index contributed by atoms with van der Waals surface area (Å²) in [4.78, 5) is 7.57. The van der Waals surface area contributed by atoms with Crippen LogP contribution in [0.15, 0.2) is 37.4 Å². The van der Waals surface area contributed by atoms with E-state index >= 15 is 0 Å². The Kier molecular flexibility index (Phi) is 11.7. The van der Waals surface area contributed by atoms with E-state index in [-0.39, 0.29) is 16.8 Å². The van der Waals surface area contributed by atoms with Crippen LogP contribution >= 0.6 is 0 Å². The van der Waals surface area contributed by atoms with Crippen molar-refractivity contribution >= 4 is 0 Å². The number of hydrogen-bond acceptors (Lipinski definition) is 4. The quantitative estimate of drug-likeness (QED) is 0.711. The van der Waals surface area contributed by atoms with Crippen molar-refractivity contribution in [1.29, 1.82) is 5.26 Å². The molecule has 0 aliphatic heterocycles. The van der Waals surface area contributed by atoms with E-state index < -0.39 is 0 Å². The first-order valence-electron chi connectivity index (χ1n) is 4.07. The smallest absolute Gasteiger partial charge is 0.283 e. The van der Waals surface area contributed by atoms with Gasteiger partial charge in [0.25, 0.3) is 6.26 Å².